The predicted molar refractivity (Wildman–Crippen MR) is 98.1 cm³/mol. The zero-order valence-electron chi connectivity index (χ0n) is 14.8. The van der Waals surface area contributed by atoms with Crippen LogP contribution in [0.3, 0.4) is 0 Å². The molecule has 2 amide bonds. The molecule has 0 aromatic carbocycles. The number of nitrogens with one attached hydrogen (secondary N) is 1. The lowest BCUT2D eigenvalue weighted by molar-refractivity contribution is 0.1000. The maximum absolute atomic E-state index is 12.6. The van der Waals surface area contributed by atoms with E-state index in [-0.39, 0.29) is 5.91 Å². The van der Waals surface area contributed by atoms with Crippen molar-refractivity contribution >= 4 is 28.2 Å². The van der Waals surface area contributed by atoms with E-state index in [1.165, 1.54) is 11.3 Å². The van der Waals surface area contributed by atoms with Gasteiger partial charge < -0.3 is 11.1 Å². The number of anilines is 1. The molecule has 0 unspecified atom stereocenters. The molecule has 8 heteroatoms. The summed E-state index contributed by atoms with van der Waals surface area (Å²) in [7, 11) is 0. The number of hydrogen-bond acceptors (Lipinski definition) is 5. The molecule has 3 rings (SSSR count). The molecule has 25 heavy (non-hydrogen) atoms. The lowest BCUT2D eigenvalue weighted by Crippen LogP contribution is -2.30. The van der Waals surface area contributed by atoms with Crippen molar-refractivity contribution in [3.05, 3.63) is 33.5 Å². The number of fused-ring (bicyclic) bond motifs is 1. The Hall–Kier alpha value is -2.19. The number of carbonyl (C=O) groups excluding carboxylic acids is 2. The highest BCUT2D eigenvalue weighted by atomic mass is 32.1. The van der Waals surface area contributed by atoms with E-state index in [2.05, 4.69) is 22.2 Å². The van der Waals surface area contributed by atoms with Crippen molar-refractivity contribution in [3.63, 3.8) is 0 Å². The number of primary amides is 1. The Morgan fingerprint density at radius 2 is 2.12 bits per heavy atom. The van der Waals surface area contributed by atoms with Crippen molar-refractivity contribution < 1.29 is 9.59 Å². The largest absolute Gasteiger partial charge is 0.365 e. The fourth-order valence-electron chi connectivity index (χ4n) is 3.18. The number of aromatic nitrogens is 2. The molecule has 0 atom stereocenters. The minimum atomic E-state index is -0.493. The van der Waals surface area contributed by atoms with Crippen LogP contribution in [0.15, 0.2) is 6.07 Å². The number of thiophene rings is 1. The molecule has 0 saturated heterocycles. The van der Waals surface area contributed by atoms with E-state index in [0.717, 1.165) is 42.2 Å². The van der Waals surface area contributed by atoms with E-state index in [1.54, 1.807) is 10.7 Å². The molecule has 134 valence electrons. The van der Waals surface area contributed by atoms with Crippen molar-refractivity contribution in [2.45, 2.75) is 40.3 Å². The van der Waals surface area contributed by atoms with Crippen LogP contribution in [0, 0.1) is 6.92 Å². The van der Waals surface area contributed by atoms with Crippen molar-refractivity contribution in [3.8, 4) is 0 Å². The van der Waals surface area contributed by atoms with Crippen LogP contribution < -0.4 is 11.1 Å². The standard InChI is InChI=1S/C17H23N5O2S/c1-4-21-7-6-11-13(9-21)25-17(14(11)15(18)23)19-16(24)12-8-10(3)22(5-2)20-12/h8H,4-7,9H2,1-3H3,(H2,18,23)(H,19,24). The van der Waals surface area contributed by atoms with Gasteiger partial charge in [0, 0.05) is 30.2 Å². The van der Waals surface area contributed by atoms with Crippen LogP contribution >= 0.6 is 11.3 Å². The van der Waals surface area contributed by atoms with E-state index in [0.29, 0.717) is 22.8 Å². The maximum atomic E-state index is 12.6. The number of rotatable bonds is 5. The van der Waals surface area contributed by atoms with Crippen molar-refractivity contribution in [1.29, 1.82) is 0 Å². The molecule has 3 N–H and O–H groups in total. The molecule has 2 aromatic rings. The van der Waals surface area contributed by atoms with Crippen molar-refractivity contribution in [2.24, 2.45) is 5.73 Å². The van der Waals surface area contributed by atoms with Gasteiger partial charge in [0.05, 0.1) is 5.56 Å². The normalized spacial score (nSPS) is 14.4. The van der Waals surface area contributed by atoms with Crippen LogP contribution in [-0.4, -0.2) is 39.6 Å². The molecule has 3 heterocycles. The minimum absolute atomic E-state index is 0.316. The summed E-state index contributed by atoms with van der Waals surface area (Å²) in [5, 5.41) is 7.67. The fourth-order valence-corrected chi connectivity index (χ4v) is 4.47. The summed E-state index contributed by atoms with van der Waals surface area (Å²) >= 11 is 1.44. The fraction of sp³-hybridized carbons (Fsp3) is 0.471. The Morgan fingerprint density at radius 1 is 1.36 bits per heavy atom. The number of likely N-dealkylation sites (N-methyl/N-ethyl adjacent to an activating group) is 1. The highest BCUT2D eigenvalue weighted by Gasteiger charge is 2.27. The van der Waals surface area contributed by atoms with Gasteiger partial charge in [-0.15, -0.1) is 11.3 Å². The molecular formula is C17H23N5O2S. The third kappa shape index (κ3) is 3.32. The smallest absolute Gasteiger partial charge is 0.276 e. The van der Waals surface area contributed by atoms with Gasteiger partial charge in [0.15, 0.2) is 5.69 Å². The molecular weight excluding hydrogens is 338 g/mol. The van der Waals surface area contributed by atoms with Gasteiger partial charge in [-0.1, -0.05) is 6.92 Å². The van der Waals surface area contributed by atoms with Gasteiger partial charge in [0.1, 0.15) is 5.00 Å². The Kier molecular flexibility index (Phi) is 4.91. The number of amides is 2. The predicted octanol–water partition coefficient (Wildman–Crippen LogP) is 2.00. The monoisotopic (exact) mass is 361 g/mol. The molecule has 2 aromatic heterocycles. The summed E-state index contributed by atoms with van der Waals surface area (Å²) in [5.41, 5.74) is 8.30. The zero-order valence-corrected chi connectivity index (χ0v) is 15.6. The second kappa shape index (κ2) is 6.97. The second-order valence-corrected chi connectivity index (χ2v) is 7.24. The summed E-state index contributed by atoms with van der Waals surface area (Å²) in [6, 6.07) is 1.75. The Bertz CT molecular complexity index is 823. The van der Waals surface area contributed by atoms with Crippen LogP contribution in [0.1, 0.15) is 50.8 Å². The average molecular weight is 361 g/mol. The van der Waals surface area contributed by atoms with Gasteiger partial charge in [-0.2, -0.15) is 5.10 Å². The molecule has 0 fully saturated rings. The van der Waals surface area contributed by atoms with Crippen molar-refractivity contribution in [1.82, 2.24) is 14.7 Å². The highest BCUT2D eigenvalue weighted by Crippen LogP contribution is 2.37. The summed E-state index contributed by atoms with van der Waals surface area (Å²) in [4.78, 5) is 27.9. The molecule has 0 saturated carbocycles. The number of hydrogen-bond donors (Lipinski definition) is 2. The number of nitrogens with zero attached hydrogens (tertiary/aromatic N) is 3. The number of carbonyl (C=O) groups is 2. The molecule has 0 spiro atoms. The van der Waals surface area contributed by atoms with Gasteiger partial charge in [-0.3, -0.25) is 19.2 Å². The quantitative estimate of drug-likeness (QED) is 0.852. The zero-order chi connectivity index (χ0) is 18.1. The first kappa shape index (κ1) is 17.6. The molecule has 0 radical (unpaired) electrons. The van der Waals surface area contributed by atoms with Gasteiger partial charge in [0.2, 0.25) is 0 Å². The first-order valence-electron chi connectivity index (χ1n) is 8.47. The third-order valence-electron chi connectivity index (χ3n) is 4.57. The van der Waals surface area contributed by atoms with Crippen molar-refractivity contribution in [2.75, 3.05) is 18.4 Å². The van der Waals surface area contributed by atoms with E-state index in [4.69, 9.17) is 5.73 Å². The summed E-state index contributed by atoms with van der Waals surface area (Å²) in [5.74, 6) is -0.809. The van der Waals surface area contributed by atoms with Gasteiger partial charge in [-0.05, 0) is 38.4 Å². The minimum Gasteiger partial charge on any atom is -0.365 e. The van der Waals surface area contributed by atoms with Crippen LogP contribution in [-0.2, 0) is 19.5 Å². The first-order valence-corrected chi connectivity index (χ1v) is 9.28. The molecule has 0 aliphatic carbocycles. The Morgan fingerprint density at radius 3 is 2.72 bits per heavy atom. The Labute approximate surface area is 150 Å². The molecule has 1 aliphatic rings. The average Bonchev–Trinajstić information content (AvgIpc) is 3.13. The summed E-state index contributed by atoms with van der Waals surface area (Å²) < 4.78 is 1.77. The lowest BCUT2D eigenvalue weighted by atomic mass is 10.0. The Balaban J connectivity index is 1.90. The van der Waals surface area contributed by atoms with Crippen LogP contribution in [0.4, 0.5) is 5.00 Å². The summed E-state index contributed by atoms with van der Waals surface area (Å²) in [6.45, 7) is 9.34. The van der Waals surface area contributed by atoms with Gasteiger partial charge in [-0.25, -0.2) is 0 Å². The molecule has 1 aliphatic heterocycles. The number of nitrogens with two attached hydrogens (primary N) is 1. The van der Waals surface area contributed by atoms with Crippen LogP contribution in [0.25, 0.3) is 0 Å². The summed E-state index contributed by atoms with van der Waals surface area (Å²) in [6.07, 6.45) is 0.775. The SMILES string of the molecule is CCN1CCc2c(sc(NC(=O)c3cc(C)n(CC)n3)c2C(N)=O)C1. The maximum Gasteiger partial charge on any atom is 0.276 e. The topological polar surface area (TPSA) is 93.2 Å². The third-order valence-corrected chi connectivity index (χ3v) is 5.70. The van der Waals surface area contributed by atoms with E-state index in [9.17, 15) is 9.59 Å². The lowest BCUT2D eigenvalue weighted by Gasteiger charge is -2.25. The molecule has 7 nitrogen and oxygen atoms in total. The highest BCUT2D eigenvalue weighted by molar-refractivity contribution is 7.17. The molecule has 0 bridgehead atoms. The van der Waals surface area contributed by atoms with E-state index >= 15 is 0 Å². The van der Waals surface area contributed by atoms with Gasteiger partial charge in [0.25, 0.3) is 11.8 Å². The van der Waals surface area contributed by atoms with Crippen LogP contribution in [0.5, 0.6) is 0 Å². The first-order chi connectivity index (χ1) is 11.9. The van der Waals surface area contributed by atoms with Gasteiger partial charge >= 0.3 is 0 Å². The van der Waals surface area contributed by atoms with E-state index < -0.39 is 5.91 Å². The second-order valence-electron chi connectivity index (χ2n) is 6.13. The number of aryl methyl sites for hydroxylation is 2. The van der Waals surface area contributed by atoms with Crippen LogP contribution in [0.2, 0.25) is 0 Å². The van der Waals surface area contributed by atoms with E-state index in [1.807, 2.05) is 13.8 Å².